The zero-order valence-electron chi connectivity index (χ0n) is 17.1. The molecule has 0 radical (unpaired) electrons. The number of nitrogens with one attached hydrogen (secondary N) is 1. The van der Waals surface area contributed by atoms with Gasteiger partial charge >= 0.3 is 0 Å². The molecule has 3 rings (SSSR count). The summed E-state index contributed by atoms with van der Waals surface area (Å²) >= 11 is 0. The normalized spacial score (nSPS) is 10.6. The third-order valence-corrected chi connectivity index (χ3v) is 4.35. The van der Waals surface area contributed by atoms with Crippen molar-refractivity contribution in [2.75, 3.05) is 32.8 Å². The first-order valence-electron chi connectivity index (χ1n) is 9.26. The van der Waals surface area contributed by atoms with E-state index in [0.29, 0.717) is 36.0 Å². The highest BCUT2D eigenvalue weighted by atomic mass is 16.5. The molecule has 0 aliphatic carbocycles. The summed E-state index contributed by atoms with van der Waals surface area (Å²) in [4.78, 5) is 12.6. The Balaban J connectivity index is 1.72. The van der Waals surface area contributed by atoms with Gasteiger partial charge in [-0.05, 0) is 56.3 Å². The second-order valence-corrected chi connectivity index (χ2v) is 6.55. The fourth-order valence-electron chi connectivity index (χ4n) is 2.95. The van der Waals surface area contributed by atoms with E-state index in [9.17, 15) is 4.79 Å². The lowest BCUT2D eigenvalue weighted by molar-refractivity contribution is 0.102. The predicted octanol–water partition coefficient (Wildman–Crippen LogP) is 3.78. The maximum atomic E-state index is 12.6. The first-order valence-corrected chi connectivity index (χ1v) is 9.26. The monoisotopic (exact) mass is 395 g/mol. The molecule has 1 heterocycles. The van der Waals surface area contributed by atoms with Gasteiger partial charge in [-0.15, -0.1) is 0 Å². The van der Waals surface area contributed by atoms with Gasteiger partial charge in [0.05, 0.1) is 25.1 Å². The van der Waals surface area contributed by atoms with Crippen molar-refractivity contribution in [3.63, 3.8) is 0 Å². The van der Waals surface area contributed by atoms with Crippen molar-refractivity contribution in [1.29, 1.82) is 0 Å². The smallest absolute Gasteiger partial charge is 0.255 e. The van der Waals surface area contributed by atoms with Crippen molar-refractivity contribution < 1.29 is 19.0 Å². The highest BCUT2D eigenvalue weighted by Gasteiger charge is 2.11. The molecule has 152 valence electrons. The van der Waals surface area contributed by atoms with E-state index in [2.05, 4.69) is 10.4 Å². The van der Waals surface area contributed by atoms with Gasteiger partial charge in [0.2, 0.25) is 0 Å². The minimum absolute atomic E-state index is 0.210. The fraction of sp³-hybridized carbons (Fsp3) is 0.273. The molecule has 3 aromatic rings. The standard InChI is InChI=1S/C22H25N3O4/c1-15-13-16(2)25(24-15)19-8-5-17(6-9-19)22(26)23-18-7-10-20(28-4)21(14-18)29-12-11-27-3/h5-10,13-14H,11-12H2,1-4H3,(H,23,26). The van der Waals surface area contributed by atoms with Gasteiger partial charge in [-0.25, -0.2) is 4.68 Å². The molecule has 0 spiro atoms. The summed E-state index contributed by atoms with van der Waals surface area (Å²) in [5, 5.41) is 7.35. The molecule has 0 aliphatic rings. The average molecular weight is 395 g/mol. The zero-order valence-corrected chi connectivity index (χ0v) is 17.1. The average Bonchev–Trinajstić information content (AvgIpc) is 3.06. The van der Waals surface area contributed by atoms with Crippen LogP contribution in [0.4, 0.5) is 5.69 Å². The Morgan fingerprint density at radius 3 is 2.38 bits per heavy atom. The third-order valence-electron chi connectivity index (χ3n) is 4.35. The number of hydrogen-bond acceptors (Lipinski definition) is 5. The van der Waals surface area contributed by atoms with Gasteiger partial charge in [0.1, 0.15) is 6.61 Å². The third kappa shape index (κ3) is 4.94. The molecule has 1 N–H and O–H groups in total. The van der Waals surface area contributed by atoms with Crippen LogP contribution in [0.5, 0.6) is 11.5 Å². The number of benzene rings is 2. The minimum Gasteiger partial charge on any atom is -0.493 e. The van der Waals surface area contributed by atoms with Crippen molar-refractivity contribution in [2.45, 2.75) is 13.8 Å². The molecule has 1 amide bonds. The van der Waals surface area contributed by atoms with E-state index in [0.717, 1.165) is 17.1 Å². The number of ether oxygens (including phenoxy) is 3. The minimum atomic E-state index is -0.210. The van der Waals surface area contributed by atoms with Crippen LogP contribution < -0.4 is 14.8 Å². The number of aromatic nitrogens is 2. The number of carbonyl (C=O) groups excluding carboxylic acids is 1. The number of nitrogens with zero attached hydrogens (tertiary/aromatic N) is 2. The molecule has 0 saturated heterocycles. The van der Waals surface area contributed by atoms with Crippen LogP contribution in [0.15, 0.2) is 48.5 Å². The number of hydrogen-bond donors (Lipinski definition) is 1. The Kier molecular flexibility index (Phi) is 6.51. The molecule has 0 aliphatic heterocycles. The van der Waals surface area contributed by atoms with Gasteiger partial charge in [-0.2, -0.15) is 5.10 Å². The van der Waals surface area contributed by atoms with Crippen molar-refractivity contribution in [1.82, 2.24) is 9.78 Å². The quantitative estimate of drug-likeness (QED) is 0.588. The molecule has 0 fully saturated rings. The zero-order chi connectivity index (χ0) is 20.8. The number of amides is 1. The van der Waals surface area contributed by atoms with E-state index in [-0.39, 0.29) is 5.91 Å². The SMILES string of the molecule is COCCOc1cc(NC(=O)c2ccc(-n3nc(C)cc3C)cc2)ccc1OC. The van der Waals surface area contributed by atoms with Crippen LogP contribution in [0.25, 0.3) is 5.69 Å². The van der Waals surface area contributed by atoms with Crippen LogP contribution in [0.2, 0.25) is 0 Å². The number of methoxy groups -OCH3 is 2. The number of aryl methyl sites for hydroxylation is 2. The van der Waals surface area contributed by atoms with Crippen molar-refractivity contribution in [3.8, 4) is 17.2 Å². The molecule has 0 unspecified atom stereocenters. The summed E-state index contributed by atoms with van der Waals surface area (Å²) in [5.41, 5.74) is 4.07. The van der Waals surface area contributed by atoms with Gasteiger partial charge in [-0.1, -0.05) is 0 Å². The van der Waals surface area contributed by atoms with E-state index < -0.39 is 0 Å². The molecule has 2 aromatic carbocycles. The van der Waals surface area contributed by atoms with E-state index >= 15 is 0 Å². The summed E-state index contributed by atoms with van der Waals surface area (Å²) in [6.45, 7) is 4.80. The van der Waals surface area contributed by atoms with Gasteiger partial charge in [0, 0.05) is 30.1 Å². The van der Waals surface area contributed by atoms with E-state index in [1.807, 2.05) is 36.7 Å². The predicted molar refractivity (Wildman–Crippen MR) is 111 cm³/mol. The van der Waals surface area contributed by atoms with Gasteiger partial charge in [-0.3, -0.25) is 4.79 Å². The molecule has 0 saturated carbocycles. The van der Waals surface area contributed by atoms with Crippen molar-refractivity contribution in [3.05, 3.63) is 65.5 Å². The van der Waals surface area contributed by atoms with Gasteiger partial charge in [0.15, 0.2) is 11.5 Å². The first kappa shape index (κ1) is 20.4. The number of carbonyl (C=O) groups is 1. The van der Waals surface area contributed by atoms with E-state index in [4.69, 9.17) is 14.2 Å². The molecular weight excluding hydrogens is 370 g/mol. The van der Waals surface area contributed by atoms with Crippen LogP contribution in [-0.2, 0) is 4.74 Å². The largest absolute Gasteiger partial charge is 0.493 e. The first-order chi connectivity index (χ1) is 14.0. The molecule has 1 aromatic heterocycles. The highest BCUT2D eigenvalue weighted by molar-refractivity contribution is 6.04. The lowest BCUT2D eigenvalue weighted by atomic mass is 10.2. The second-order valence-electron chi connectivity index (χ2n) is 6.55. The Labute approximate surface area is 170 Å². The van der Waals surface area contributed by atoms with Crippen LogP contribution in [0.1, 0.15) is 21.7 Å². The van der Waals surface area contributed by atoms with Crippen molar-refractivity contribution >= 4 is 11.6 Å². The van der Waals surface area contributed by atoms with Crippen LogP contribution >= 0.6 is 0 Å². The number of anilines is 1. The van der Waals surface area contributed by atoms with Crippen LogP contribution in [0.3, 0.4) is 0 Å². The Hall–Kier alpha value is -3.32. The Morgan fingerprint density at radius 1 is 1.00 bits per heavy atom. The summed E-state index contributed by atoms with van der Waals surface area (Å²) in [6, 6.07) is 14.6. The Morgan fingerprint density at radius 2 is 1.76 bits per heavy atom. The van der Waals surface area contributed by atoms with Crippen molar-refractivity contribution in [2.24, 2.45) is 0 Å². The molecule has 0 bridgehead atoms. The second kappa shape index (κ2) is 9.25. The topological polar surface area (TPSA) is 74.6 Å². The molecular formula is C22H25N3O4. The lowest BCUT2D eigenvalue weighted by Gasteiger charge is -2.13. The van der Waals surface area contributed by atoms with Gasteiger partial charge in [0.25, 0.3) is 5.91 Å². The Bertz CT molecular complexity index is 980. The maximum absolute atomic E-state index is 12.6. The van der Waals surface area contributed by atoms with Crippen LogP contribution in [-0.4, -0.2) is 43.1 Å². The highest BCUT2D eigenvalue weighted by Crippen LogP contribution is 2.30. The molecule has 7 heteroatoms. The number of rotatable bonds is 8. The molecule has 29 heavy (non-hydrogen) atoms. The summed E-state index contributed by atoms with van der Waals surface area (Å²) in [7, 11) is 3.18. The lowest BCUT2D eigenvalue weighted by Crippen LogP contribution is -2.12. The van der Waals surface area contributed by atoms with E-state index in [1.165, 1.54) is 0 Å². The van der Waals surface area contributed by atoms with Gasteiger partial charge < -0.3 is 19.5 Å². The molecule has 7 nitrogen and oxygen atoms in total. The summed E-state index contributed by atoms with van der Waals surface area (Å²) < 4.78 is 17.8. The maximum Gasteiger partial charge on any atom is 0.255 e. The fourth-order valence-corrected chi connectivity index (χ4v) is 2.95. The summed E-state index contributed by atoms with van der Waals surface area (Å²) in [5.74, 6) is 0.925. The van der Waals surface area contributed by atoms with Crippen LogP contribution in [0, 0.1) is 13.8 Å². The molecule has 0 atom stereocenters. The summed E-state index contributed by atoms with van der Waals surface area (Å²) in [6.07, 6.45) is 0. The van der Waals surface area contributed by atoms with E-state index in [1.54, 1.807) is 44.6 Å².